The second-order valence-corrected chi connectivity index (χ2v) is 6.75. The van der Waals surface area contributed by atoms with Crippen LogP contribution in [0.25, 0.3) is 11.2 Å². The molecule has 3 N–H and O–H groups in total. The third kappa shape index (κ3) is 4.04. The highest BCUT2D eigenvalue weighted by atomic mass is 16.5. The van der Waals surface area contributed by atoms with E-state index < -0.39 is 18.4 Å². The maximum atomic E-state index is 11.5. The molecule has 2 aromatic heterocycles. The summed E-state index contributed by atoms with van der Waals surface area (Å²) < 4.78 is 13.2. The van der Waals surface area contributed by atoms with Gasteiger partial charge in [0.15, 0.2) is 11.2 Å². The lowest BCUT2D eigenvalue weighted by atomic mass is 10.2. The number of anilines is 1. The van der Waals surface area contributed by atoms with E-state index in [1.807, 2.05) is 30.3 Å². The molecule has 1 aromatic carbocycles. The number of aliphatic hydroxyl groups excluding tert-OH is 2. The van der Waals surface area contributed by atoms with E-state index >= 15 is 0 Å². The number of hydrogen-bond donors (Lipinski definition) is 3. The molecule has 0 saturated carbocycles. The lowest BCUT2D eigenvalue weighted by Gasteiger charge is -2.14. The molecule has 10 nitrogen and oxygen atoms in total. The van der Waals surface area contributed by atoms with Crippen LogP contribution in [0.2, 0.25) is 0 Å². The lowest BCUT2D eigenvalue weighted by Crippen LogP contribution is -2.24. The number of ether oxygens (including phenoxy) is 2. The number of amides is 1. The number of hydrogen-bond acceptors (Lipinski definition) is 8. The summed E-state index contributed by atoms with van der Waals surface area (Å²) in [4.78, 5) is 24.5. The highest BCUT2D eigenvalue weighted by Crippen LogP contribution is 2.33. The number of imidazole rings is 1. The molecule has 152 valence electrons. The van der Waals surface area contributed by atoms with Gasteiger partial charge in [0.05, 0.1) is 19.0 Å². The summed E-state index contributed by atoms with van der Waals surface area (Å²) >= 11 is 0. The zero-order valence-electron chi connectivity index (χ0n) is 15.7. The summed E-state index contributed by atoms with van der Waals surface area (Å²) in [7, 11) is 0. The van der Waals surface area contributed by atoms with Crippen molar-refractivity contribution in [2.24, 2.45) is 0 Å². The Labute approximate surface area is 166 Å². The van der Waals surface area contributed by atoms with Gasteiger partial charge >= 0.3 is 0 Å². The van der Waals surface area contributed by atoms with Crippen molar-refractivity contribution in [2.45, 2.75) is 38.4 Å². The van der Waals surface area contributed by atoms with E-state index in [0.29, 0.717) is 11.2 Å². The minimum Gasteiger partial charge on any atom is -0.471 e. The number of carbonyl (C=O) groups excluding carboxylic acids is 1. The van der Waals surface area contributed by atoms with Crippen molar-refractivity contribution in [3.63, 3.8) is 0 Å². The summed E-state index contributed by atoms with van der Waals surface area (Å²) in [6.45, 7) is 1.34. The summed E-state index contributed by atoms with van der Waals surface area (Å²) in [6.07, 6.45) is -0.246. The number of rotatable bonds is 6. The maximum absolute atomic E-state index is 11.5. The van der Waals surface area contributed by atoms with Crippen LogP contribution in [0.4, 0.5) is 5.95 Å². The Kier molecular flexibility index (Phi) is 5.38. The number of aromatic nitrogens is 4. The van der Waals surface area contributed by atoms with Crippen LogP contribution in [0.5, 0.6) is 5.88 Å². The Morgan fingerprint density at radius 2 is 2.14 bits per heavy atom. The van der Waals surface area contributed by atoms with Gasteiger partial charge in [-0.15, -0.1) is 0 Å². The molecule has 0 aliphatic carbocycles. The average Bonchev–Trinajstić information content (AvgIpc) is 3.29. The summed E-state index contributed by atoms with van der Waals surface area (Å²) in [5.41, 5.74) is 1.75. The number of aliphatic hydroxyl groups is 2. The molecule has 3 atom stereocenters. The topological polar surface area (TPSA) is 132 Å². The van der Waals surface area contributed by atoms with Crippen molar-refractivity contribution in [2.75, 3.05) is 11.9 Å². The van der Waals surface area contributed by atoms with Gasteiger partial charge in [0, 0.05) is 13.3 Å². The molecule has 4 rings (SSSR count). The van der Waals surface area contributed by atoms with E-state index in [4.69, 9.17) is 9.47 Å². The fraction of sp³-hybridized carbons (Fsp3) is 0.368. The molecule has 0 spiro atoms. The maximum Gasteiger partial charge on any atom is 0.247 e. The minimum atomic E-state index is -0.798. The second kappa shape index (κ2) is 8.11. The fourth-order valence-electron chi connectivity index (χ4n) is 3.19. The Bertz CT molecular complexity index is 1010. The molecule has 0 radical (unpaired) electrons. The smallest absolute Gasteiger partial charge is 0.247 e. The average molecular weight is 399 g/mol. The van der Waals surface area contributed by atoms with E-state index in [2.05, 4.69) is 20.3 Å². The van der Waals surface area contributed by atoms with E-state index in [1.165, 1.54) is 13.3 Å². The van der Waals surface area contributed by atoms with Gasteiger partial charge in [-0.25, -0.2) is 4.98 Å². The zero-order chi connectivity index (χ0) is 20.4. The molecule has 0 unspecified atom stereocenters. The van der Waals surface area contributed by atoms with Gasteiger partial charge in [-0.2, -0.15) is 9.97 Å². The number of fused-ring (bicyclic) bond motifs is 1. The first-order valence-electron chi connectivity index (χ1n) is 9.18. The monoisotopic (exact) mass is 399 g/mol. The minimum absolute atomic E-state index is 0.0760. The number of nitrogens with one attached hydrogen (secondary N) is 1. The predicted octanol–water partition coefficient (Wildman–Crippen LogP) is 1.00. The van der Waals surface area contributed by atoms with Crippen LogP contribution in [-0.2, 0) is 16.1 Å². The second-order valence-electron chi connectivity index (χ2n) is 6.75. The first-order chi connectivity index (χ1) is 14.0. The van der Waals surface area contributed by atoms with Crippen molar-refractivity contribution in [1.82, 2.24) is 19.5 Å². The predicted molar refractivity (Wildman–Crippen MR) is 102 cm³/mol. The van der Waals surface area contributed by atoms with E-state index in [1.54, 1.807) is 4.57 Å². The molecule has 1 amide bonds. The van der Waals surface area contributed by atoms with Gasteiger partial charge < -0.3 is 19.7 Å². The Morgan fingerprint density at radius 1 is 1.34 bits per heavy atom. The number of benzene rings is 1. The zero-order valence-corrected chi connectivity index (χ0v) is 15.7. The van der Waals surface area contributed by atoms with Crippen LogP contribution < -0.4 is 10.1 Å². The molecule has 1 aliphatic heterocycles. The van der Waals surface area contributed by atoms with Crippen LogP contribution >= 0.6 is 0 Å². The van der Waals surface area contributed by atoms with Gasteiger partial charge in [0.1, 0.15) is 18.9 Å². The molecule has 3 heterocycles. The molecule has 10 heteroatoms. The van der Waals surface area contributed by atoms with Crippen LogP contribution in [0, 0.1) is 0 Å². The van der Waals surface area contributed by atoms with Gasteiger partial charge in [0.2, 0.25) is 17.7 Å². The molecule has 29 heavy (non-hydrogen) atoms. The van der Waals surface area contributed by atoms with Gasteiger partial charge in [-0.3, -0.25) is 14.7 Å². The first-order valence-corrected chi connectivity index (χ1v) is 9.18. The lowest BCUT2D eigenvalue weighted by molar-refractivity contribution is -0.114. The quantitative estimate of drug-likeness (QED) is 0.559. The Hall–Kier alpha value is -3.08. The molecule has 1 saturated heterocycles. The van der Waals surface area contributed by atoms with E-state index in [-0.39, 0.29) is 37.4 Å². The Morgan fingerprint density at radius 3 is 2.83 bits per heavy atom. The molecular formula is C19H21N5O5. The van der Waals surface area contributed by atoms with Crippen molar-refractivity contribution < 1.29 is 24.5 Å². The largest absolute Gasteiger partial charge is 0.471 e. The fourth-order valence-corrected chi connectivity index (χ4v) is 3.19. The Balaban J connectivity index is 1.69. The van der Waals surface area contributed by atoms with Crippen molar-refractivity contribution in [1.29, 1.82) is 0 Å². The summed E-state index contributed by atoms with van der Waals surface area (Å²) in [5.74, 6) is -0.0250. The van der Waals surface area contributed by atoms with Crippen molar-refractivity contribution in [3.8, 4) is 5.88 Å². The molecular weight excluding hydrogens is 378 g/mol. The standard InChI is InChI=1S/C19H21N5O5/c1-11(26)21-19-22-17-16(18(23-19)28-9-12-5-3-2-4-6-12)20-10-24(17)15-7-13(27)14(8-25)29-15/h2-6,10,13-15,25,27H,7-9H2,1H3,(H,21,22,23,26)/t13-,14+,15+/m0/s1. The normalized spacial score (nSPS) is 21.4. The highest BCUT2D eigenvalue weighted by Gasteiger charge is 2.35. The van der Waals surface area contributed by atoms with Crippen LogP contribution in [0.15, 0.2) is 36.7 Å². The SMILES string of the molecule is CC(=O)Nc1nc(OCc2ccccc2)c2ncn([C@H]3C[C@H](O)[C@@H](CO)O3)c2n1. The third-order valence-electron chi connectivity index (χ3n) is 4.59. The number of carbonyl (C=O) groups is 1. The van der Waals surface area contributed by atoms with Gasteiger partial charge in [-0.1, -0.05) is 30.3 Å². The third-order valence-corrected chi connectivity index (χ3v) is 4.59. The molecule has 1 fully saturated rings. The van der Waals surface area contributed by atoms with Crippen molar-refractivity contribution in [3.05, 3.63) is 42.2 Å². The van der Waals surface area contributed by atoms with Gasteiger partial charge in [0.25, 0.3) is 0 Å². The van der Waals surface area contributed by atoms with Gasteiger partial charge in [-0.05, 0) is 5.56 Å². The first kappa shape index (κ1) is 19.2. The molecule has 0 bridgehead atoms. The summed E-state index contributed by atoms with van der Waals surface area (Å²) in [6, 6.07) is 9.58. The molecule has 3 aromatic rings. The summed E-state index contributed by atoms with van der Waals surface area (Å²) in [5, 5.41) is 21.9. The highest BCUT2D eigenvalue weighted by molar-refractivity contribution is 5.88. The molecule has 1 aliphatic rings. The van der Waals surface area contributed by atoms with Crippen molar-refractivity contribution >= 4 is 23.0 Å². The van der Waals surface area contributed by atoms with Crippen LogP contribution in [0.1, 0.15) is 25.1 Å². The van der Waals surface area contributed by atoms with E-state index in [9.17, 15) is 15.0 Å². The van der Waals surface area contributed by atoms with Crippen LogP contribution in [0.3, 0.4) is 0 Å². The van der Waals surface area contributed by atoms with Crippen LogP contribution in [-0.4, -0.2) is 54.5 Å². The van der Waals surface area contributed by atoms with E-state index in [0.717, 1.165) is 5.56 Å². The number of nitrogens with zero attached hydrogens (tertiary/aromatic N) is 4.